The Morgan fingerprint density at radius 1 is 1.45 bits per heavy atom. The van der Waals surface area contributed by atoms with Gasteiger partial charge in [0.2, 0.25) is 5.91 Å². The molecule has 0 unspecified atom stereocenters. The molecule has 1 aromatic heterocycles. The maximum absolute atomic E-state index is 12.2. The fourth-order valence-corrected chi connectivity index (χ4v) is 2.28. The predicted molar refractivity (Wildman–Crippen MR) is 85.9 cm³/mol. The zero-order chi connectivity index (χ0) is 16.3. The van der Waals surface area contributed by atoms with Gasteiger partial charge in [-0.2, -0.15) is 5.10 Å². The number of rotatable bonds is 5. The maximum Gasteiger partial charge on any atom is 0.335 e. The number of carbonyl (C=O) groups is 2. The van der Waals surface area contributed by atoms with Crippen LogP contribution in [-0.2, 0) is 11.3 Å². The smallest absolute Gasteiger partial charge is 0.335 e. The molecule has 116 valence electrons. The number of hydrogen-bond donors (Lipinski definition) is 2. The average Bonchev–Trinajstić information content (AvgIpc) is 2.86. The number of amides is 1. The first kappa shape index (κ1) is 16.2. The fourth-order valence-electron chi connectivity index (χ4n) is 1.95. The van der Waals surface area contributed by atoms with Crippen LogP contribution in [0, 0.1) is 12.8 Å². The summed E-state index contributed by atoms with van der Waals surface area (Å²) in [5, 5.41) is 15.9. The second kappa shape index (κ2) is 6.74. The molecule has 1 heterocycles. The van der Waals surface area contributed by atoms with Crippen LogP contribution in [0.1, 0.15) is 22.8 Å². The summed E-state index contributed by atoms with van der Waals surface area (Å²) in [5.74, 6) is -1.51. The van der Waals surface area contributed by atoms with E-state index in [0.29, 0.717) is 12.2 Å². The van der Waals surface area contributed by atoms with Crippen molar-refractivity contribution in [3.63, 3.8) is 0 Å². The summed E-state index contributed by atoms with van der Waals surface area (Å²) < 4.78 is 2.53. The van der Waals surface area contributed by atoms with Crippen LogP contribution in [0.3, 0.4) is 0 Å². The van der Waals surface area contributed by atoms with Gasteiger partial charge in [0.1, 0.15) is 0 Å². The number of benzene rings is 1. The molecule has 0 spiro atoms. The minimum atomic E-state index is -1.02. The van der Waals surface area contributed by atoms with E-state index in [1.807, 2.05) is 6.92 Å². The molecule has 0 aliphatic heterocycles. The van der Waals surface area contributed by atoms with Gasteiger partial charge in [-0.1, -0.05) is 13.0 Å². The lowest BCUT2D eigenvalue weighted by atomic mass is 10.1. The van der Waals surface area contributed by atoms with Crippen molar-refractivity contribution in [1.29, 1.82) is 0 Å². The van der Waals surface area contributed by atoms with Crippen molar-refractivity contribution in [3.05, 3.63) is 46.2 Å². The summed E-state index contributed by atoms with van der Waals surface area (Å²) in [4.78, 5) is 23.2. The second-order valence-electron chi connectivity index (χ2n) is 5.11. The molecule has 1 atom stereocenters. The molecule has 0 saturated heterocycles. The number of carboxylic acid groups (broad SMARTS) is 1. The molecule has 6 nitrogen and oxygen atoms in total. The summed E-state index contributed by atoms with van der Waals surface area (Å²) >= 11 is 3.30. The second-order valence-corrected chi connectivity index (χ2v) is 6.02. The van der Waals surface area contributed by atoms with Gasteiger partial charge in [-0.05, 0) is 40.5 Å². The molecule has 0 aliphatic carbocycles. The van der Waals surface area contributed by atoms with Gasteiger partial charge in [0, 0.05) is 11.9 Å². The molecule has 0 saturated carbocycles. The van der Waals surface area contributed by atoms with E-state index >= 15 is 0 Å². The number of aromatic carboxylic acids is 1. The van der Waals surface area contributed by atoms with Crippen LogP contribution in [-0.4, -0.2) is 26.8 Å². The van der Waals surface area contributed by atoms with Gasteiger partial charge in [0.25, 0.3) is 0 Å². The summed E-state index contributed by atoms with van der Waals surface area (Å²) in [6, 6.07) is 4.65. The number of carboxylic acids is 1. The lowest BCUT2D eigenvalue weighted by Crippen LogP contribution is -2.25. The average molecular weight is 366 g/mol. The lowest BCUT2D eigenvalue weighted by Gasteiger charge is -2.14. The molecule has 0 fully saturated rings. The van der Waals surface area contributed by atoms with E-state index in [4.69, 9.17) is 5.11 Å². The van der Waals surface area contributed by atoms with Gasteiger partial charge in [-0.25, -0.2) is 4.79 Å². The van der Waals surface area contributed by atoms with Crippen molar-refractivity contribution in [2.45, 2.75) is 20.4 Å². The fraction of sp³-hybridized carbons (Fsp3) is 0.267. The van der Waals surface area contributed by atoms with Gasteiger partial charge in [-0.15, -0.1) is 0 Å². The van der Waals surface area contributed by atoms with Crippen LogP contribution in [0.15, 0.2) is 35.1 Å². The SMILES string of the molecule is Cc1ccc(C(=O)O)cc1NC(=O)[C@H](C)Cn1cc(Br)cn1. The molecular formula is C15H16BrN3O3. The standard InChI is InChI=1S/C15H16BrN3O3/c1-9-3-4-11(15(21)22)5-13(9)18-14(20)10(2)7-19-8-12(16)6-17-19/h3-6,8,10H,7H2,1-2H3,(H,18,20)(H,21,22)/t10-/m1/s1. The van der Waals surface area contributed by atoms with Crippen LogP contribution in [0.25, 0.3) is 0 Å². The Morgan fingerprint density at radius 2 is 2.18 bits per heavy atom. The quantitative estimate of drug-likeness (QED) is 0.852. The number of carbonyl (C=O) groups excluding carboxylic acids is 1. The van der Waals surface area contributed by atoms with Gasteiger partial charge >= 0.3 is 5.97 Å². The number of halogens is 1. The Kier molecular flexibility index (Phi) is 4.97. The highest BCUT2D eigenvalue weighted by Crippen LogP contribution is 2.18. The van der Waals surface area contributed by atoms with Gasteiger partial charge in [0.05, 0.1) is 28.7 Å². The van der Waals surface area contributed by atoms with E-state index in [9.17, 15) is 9.59 Å². The number of aryl methyl sites for hydroxylation is 1. The van der Waals surface area contributed by atoms with Crippen LogP contribution in [0.4, 0.5) is 5.69 Å². The molecule has 2 aromatic rings. The zero-order valence-electron chi connectivity index (χ0n) is 12.2. The van der Waals surface area contributed by atoms with Crippen molar-refractivity contribution >= 4 is 33.5 Å². The third-order valence-electron chi connectivity index (χ3n) is 3.25. The number of anilines is 1. The number of hydrogen-bond acceptors (Lipinski definition) is 3. The van der Waals surface area contributed by atoms with Crippen molar-refractivity contribution < 1.29 is 14.7 Å². The highest BCUT2D eigenvalue weighted by molar-refractivity contribution is 9.10. The van der Waals surface area contributed by atoms with Crippen LogP contribution in [0.2, 0.25) is 0 Å². The first-order valence-electron chi connectivity index (χ1n) is 6.69. The van der Waals surface area contributed by atoms with Gasteiger partial charge < -0.3 is 10.4 Å². The molecule has 22 heavy (non-hydrogen) atoms. The molecule has 0 aliphatic rings. The van der Waals surface area contributed by atoms with Gasteiger partial charge in [0.15, 0.2) is 0 Å². The van der Waals surface area contributed by atoms with E-state index in [-0.39, 0.29) is 17.4 Å². The summed E-state index contributed by atoms with van der Waals surface area (Å²) in [7, 11) is 0. The summed E-state index contributed by atoms with van der Waals surface area (Å²) in [6.45, 7) is 4.05. The minimum absolute atomic E-state index is 0.143. The molecule has 1 amide bonds. The molecule has 1 aromatic carbocycles. The topological polar surface area (TPSA) is 84.2 Å². The van der Waals surface area contributed by atoms with E-state index in [2.05, 4.69) is 26.3 Å². The molecular weight excluding hydrogens is 350 g/mol. The molecule has 0 bridgehead atoms. The molecule has 7 heteroatoms. The first-order valence-corrected chi connectivity index (χ1v) is 7.49. The minimum Gasteiger partial charge on any atom is -0.478 e. The summed E-state index contributed by atoms with van der Waals surface area (Å²) in [5.41, 5.74) is 1.47. The van der Waals surface area contributed by atoms with Crippen molar-refractivity contribution in [2.75, 3.05) is 5.32 Å². The van der Waals surface area contributed by atoms with Crippen molar-refractivity contribution in [1.82, 2.24) is 9.78 Å². The zero-order valence-corrected chi connectivity index (χ0v) is 13.8. The number of nitrogens with zero attached hydrogens (tertiary/aromatic N) is 2. The van der Waals surface area contributed by atoms with Crippen molar-refractivity contribution in [3.8, 4) is 0 Å². The van der Waals surface area contributed by atoms with E-state index in [0.717, 1.165) is 10.0 Å². The largest absolute Gasteiger partial charge is 0.478 e. The van der Waals surface area contributed by atoms with E-state index in [1.165, 1.54) is 12.1 Å². The molecule has 0 radical (unpaired) electrons. The maximum atomic E-state index is 12.2. The van der Waals surface area contributed by atoms with E-state index in [1.54, 1.807) is 30.1 Å². The third kappa shape index (κ3) is 3.94. The summed E-state index contributed by atoms with van der Waals surface area (Å²) in [6.07, 6.45) is 3.45. The van der Waals surface area contributed by atoms with Crippen LogP contribution >= 0.6 is 15.9 Å². The Balaban J connectivity index is 2.07. The highest BCUT2D eigenvalue weighted by Gasteiger charge is 2.16. The lowest BCUT2D eigenvalue weighted by molar-refractivity contribution is -0.119. The third-order valence-corrected chi connectivity index (χ3v) is 3.66. The highest BCUT2D eigenvalue weighted by atomic mass is 79.9. The number of aromatic nitrogens is 2. The monoisotopic (exact) mass is 365 g/mol. The van der Waals surface area contributed by atoms with Gasteiger partial charge in [-0.3, -0.25) is 9.48 Å². The molecule has 2 N–H and O–H groups in total. The Bertz CT molecular complexity index is 712. The van der Waals surface area contributed by atoms with E-state index < -0.39 is 5.97 Å². The van der Waals surface area contributed by atoms with Crippen molar-refractivity contribution in [2.24, 2.45) is 5.92 Å². The first-order chi connectivity index (χ1) is 10.4. The normalized spacial score (nSPS) is 12.0. The molecule has 2 rings (SSSR count). The Morgan fingerprint density at radius 3 is 2.77 bits per heavy atom. The van der Waals surface area contributed by atoms with Crippen LogP contribution < -0.4 is 5.32 Å². The van der Waals surface area contributed by atoms with Crippen LogP contribution in [0.5, 0.6) is 0 Å². The Labute approximate surface area is 136 Å². The predicted octanol–water partition coefficient (Wildman–Crippen LogP) is 2.93. The Hall–Kier alpha value is -2.15. The number of nitrogens with one attached hydrogen (secondary N) is 1.